The molecule has 3 nitrogen and oxygen atoms in total. The van der Waals surface area contributed by atoms with Crippen molar-refractivity contribution in [3.63, 3.8) is 0 Å². The molecule has 0 aliphatic heterocycles. The number of anilines is 2. The lowest BCUT2D eigenvalue weighted by Gasteiger charge is -2.08. The Balaban J connectivity index is 2.37. The first kappa shape index (κ1) is 12.7. The van der Waals surface area contributed by atoms with Crippen molar-refractivity contribution in [1.29, 1.82) is 0 Å². The smallest absolute Gasteiger partial charge is 0.224 e. The summed E-state index contributed by atoms with van der Waals surface area (Å²) in [5.41, 5.74) is 0.301. The van der Waals surface area contributed by atoms with Gasteiger partial charge in [-0.25, -0.2) is 9.37 Å². The summed E-state index contributed by atoms with van der Waals surface area (Å²) in [6.07, 6.45) is 1.49. The molecule has 0 atom stereocenters. The maximum absolute atomic E-state index is 13.5. The second-order valence-electron chi connectivity index (χ2n) is 3.08. The standard InChI is InChI=1S/C10H5Br2ClFN3/c11-5-1-2-7(14)8(3-5)16-9-6(12)4-15-10(13)17-9/h1-4H,(H,15,16,17). The lowest BCUT2D eigenvalue weighted by molar-refractivity contribution is 0.631. The molecule has 17 heavy (non-hydrogen) atoms. The van der Waals surface area contributed by atoms with E-state index in [0.717, 1.165) is 4.47 Å². The fourth-order valence-corrected chi connectivity index (χ4v) is 1.94. The van der Waals surface area contributed by atoms with Crippen LogP contribution in [0.4, 0.5) is 15.9 Å². The van der Waals surface area contributed by atoms with Crippen molar-refractivity contribution >= 4 is 55.0 Å². The van der Waals surface area contributed by atoms with Gasteiger partial charge in [0.15, 0.2) is 0 Å². The number of nitrogens with one attached hydrogen (secondary N) is 1. The normalized spacial score (nSPS) is 10.4. The maximum atomic E-state index is 13.5. The van der Waals surface area contributed by atoms with Crippen LogP contribution in [0.3, 0.4) is 0 Å². The fourth-order valence-electron chi connectivity index (χ4n) is 1.15. The second-order valence-corrected chi connectivity index (χ2v) is 5.19. The summed E-state index contributed by atoms with van der Waals surface area (Å²) in [5, 5.41) is 2.92. The van der Waals surface area contributed by atoms with E-state index < -0.39 is 0 Å². The van der Waals surface area contributed by atoms with Crippen LogP contribution in [-0.2, 0) is 0 Å². The Morgan fingerprint density at radius 2 is 2.06 bits per heavy atom. The molecule has 88 valence electrons. The molecule has 7 heteroatoms. The molecule has 0 saturated heterocycles. The zero-order valence-electron chi connectivity index (χ0n) is 8.22. The summed E-state index contributed by atoms with van der Waals surface area (Å²) in [7, 11) is 0. The minimum Gasteiger partial charge on any atom is -0.337 e. The predicted octanol–water partition coefficient (Wildman–Crippen LogP) is 4.54. The molecule has 0 spiro atoms. The van der Waals surface area contributed by atoms with E-state index in [0.29, 0.717) is 16.0 Å². The van der Waals surface area contributed by atoms with Gasteiger partial charge in [-0.1, -0.05) is 15.9 Å². The van der Waals surface area contributed by atoms with Crippen molar-refractivity contribution in [3.8, 4) is 0 Å². The number of halogens is 4. The van der Waals surface area contributed by atoms with Crippen LogP contribution < -0.4 is 5.32 Å². The molecular weight excluding hydrogens is 376 g/mol. The number of hydrogen-bond acceptors (Lipinski definition) is 3. The molecule has 1 aromatic heterocycles. The summed E-state index contributed by atoms with van der Waals surface area (Å²) in [4.78, 5) is 7.74. The fraction of sp³-hybridized carbons (Fsp3) is 0. The molecule has 2 rings (SSSR count). The van der Waals surface area contributed by atoms with Crippen molar-refractivity contribution < 1.29 is 4.39 Å². The second kappa shape index (κ2) is 5.29. The SMILES string of the molecule is Fc1ccc(Br)cc1Nc1nc(Cl)ncc1Br. The van der Waals surface area contributed by atoms with Crippen LogP contribution in [0.1, 0.15) is 0 Å². The highest BCUT2D eigenvalue weighted by atomic mass is 79.9. The van der Waals surface area contributed by atoms with Crippen LogP contribution in [0.25, 0.3) is 0 Å². The van der Waals surface area contributed by atoms with Gasteiger partial charge in [0.1, 0.15) is 11.6 Å². The summed E-state index contributed by atoms with van der Waals surface area (Å²) < 4.78 is 14.9. The number of nitrogens with zero attached hydrogens (tertiary/aromatic N) is 2. The van der Waals surface area contributed by atoms with Crippen molar-refractivity contribution in [2.45, 2.75) is 0 Å². The Bertz CT molecular complexity index is 516. The van der Waals surface area contributed by atoms with Gasteiger partial charge >= 0.3 is 0 Å². The lowest BCUT2D eigenvalue weighted by atomic mass is 10.3. The summed E-state index contributed by atoms with van der Waals surface area (Å²) in [6, 6.07) is 4.57. The molecular formula is C10H5Br2ClFN3. The van der Waals surface area contributed by atoms with Crippen LogP contribution in [0.15, 0.2) is 33.3 Å². The quantitative estimate of drug-likeness (QED) is 0.777. The number of hydrogen-bond donors (Lipinski definition) is 1. The molecule has 0 saturated carbocycles. The molecule has 0 amide bonds. The van der Waals surface area contributed by atoms with Gasteiger partial charge in [-0.2, -0.15) is 4.98 Å². The summed E-state index contributed by atoms with van der Waals surface area (Å²) in [5.74, 6) is 0.0248. The molecule has 1 aromatic carbocycles. The predicted molar refractivity (Wildman–Crippen MR) is 72.1 cm³/mol. The third kappa shape index (κ3) is 3.14. The third-order valence-electron chi connectivity index (χ3n) is 1.90. The molecule has 0 bridgehead atoms. The first-order valence-corrected chi connectivity index (χ1v) is 6.43. The van der Waals surface area contributed by atoms with Gasteiger partial charge in [-0.15, -0.1) is 0 Å². The number of benzene rings is 1. The third-order valence-corrected chi connectivity index (χ3v) is 3.15. The van der Waals surface area contributed by atoms with Gasteiger partial charge < -0.3 is 5.32 Å². The minimum absolute atomic E-state index is 0.0890. The van der Waals surface area contributed by atoms with Gasteiger partial charge in [0.25, 0.3) is 0 Å². The summed E-state index contributed by atoms with van der Waals surface area (Å²) >= 11 is 12.2. The topological polar surface area (TPSA) is 37.8 Å². The zero-order valence-corrected chi connectivity index (χ0v) is 12.1. The Kier molecular flexibility index (Phi) is 3.96. The highest BCUT2D eigenvalue weighted by Gasteiger charge is 2.08. The van der Waals surface area contributed by atoms with Gasteiger partial charge in [-0.3, -0.25) is 0 Å². The Hall–Kier alpha value is -0.720. The van der Waals surface area contributed by atoms with Crippen LogP contribution >= 0.6 is 43.5 Å². The van der Waals surface area contributed by atoms with E-state index in [1.165, 1.54) is 12.3 Å². The average Bonchev–Trinajstić information content (AvgIpc) is 2.28. The van der Waals surface area contributed by atoms with Gasteiger partial charge in [0.05, 0.1) is 10.2 Å². The number of aromatic nitrogens is 2. The van der Waals surface area contributed by atoms with E-state index in [1.54, 1.807) is 12.1 Å². The van der Waals surface area contributed by atoms with Crippen molar-refractivity contribution in [3.05, 3.63) is 44.4 Å². The van der Waals surface area contributed by atoms with E-state index in [1.807, 2.05) is 0 Å². The number of rotatable bonds is 2. The van der Waals surface area contributed by atoms with E-state index in [2.05, 4.69) is 47.1 Å². The van der Waals surface area contributed by atoms with E-state index in [4.69, 9.17) is 11.6 Å². The van der Waals surface area contributed by atoms with Crippen LogP contribution in [-0.4, -0.2) is 9.97 Å². The molecule has 2 aromatic rings. The average molecular weight is 381 g/mol. The Labute approximate surface area is 119 Å². The largest absolute Gasteiger partial charge is 0.337 e. The van der Waals surface area contributed by atoms with Gasteiger partial charge in [0.2, 0.25) is 5.28 Å². The Morgan fingerprint density at radius 3 is 2.82 bits per heavy atom. The molecule has 0 fully saturated rings. The highest BCUT2D eigenvalue weighted by molar-refractivity contribution is 9.10. The van der Waals surface area contributed by atoms with Gasteiger partial charge in [0, 0.05) is 10.7 Å². The van der Waals surface area contributed by atoms with E-state index in [-0.39, 0.29) is 11.1 Å². The maximum Gasteiger partial charge on any atom is 0.224 e. The minimum atomic E-state index is -0.380. The Morgan fingerprint density at radius 1 is 1.29 bits per heavy atom. The van der Waals surface area contributed by atoms with Crippen LogP contribution in [0.2, 0.25) is 5.28 Å². The van der Waals surface area contributed by atoms with E-state index >= 15 is 0 Å². The lowest BCUT2D eigenvalue weighted by Crippen LogP contribution is -1.98. The van der Waals surface area contributed by atoms with Gasteiger partial charge in [-0.05, 0) is 45.7 Å². The molecule has 0 aliphatic rings. The molecule has 0 unspecified atom stereocenters. The zero-order chi connectivity index (χ0) is 12.4. The molecule has 0 radical (unpaired) electrons. The van der Waals surface area contributed by atoms with Crippen molar-refractivity contribution in [2.24, 2.45) is 0 Å². The molecule has 0 aliphatic carbocycles. The van der Waals surface area contributed by atoms with Crippen LogP contribution in [0, 0.1) is 5.82 Å². The highest BCUT2D eigenvalue weighted by Crippen LogP contribution is 2.27. The first-order chi connectivity index (χ1) is 8.06. The van der Waals surface area contributed by atoms with Crippen molar-refractivity contribution in [1.82, 2.24) is 9.97 Å². The first-order valence-electron chi connectivity index (χ1n) is 4.46. The molecule has 1 N–H and O–H groups in total. The van der Waals surface area contributed by atoms with Crippen molar-refractivity contribution in [2.75, 3.05) is 5.32 Å². The summed E-state index contributed by atoms with van der Waals surface area (Å²) in [6.45, 7) is 0. The van der Waals surface area contributed by atoms with E-state index in [9.17, 15) is 4.39 Å². The monoisotopic (exact) mass is 379 g/mol. The van der Waals surface area contributed by atoms with Crippen LogP contribution in [0.5, 0.6) is 0 Å². The molecule has 1 heterocycles.